The Balaban J connectivity index is 1.89. The molecule has 2 N–H and O–H groups in total. The van der Waals surface area contributed by atoms with E-state index in [1.165, 1.54) is 4.90 Å². The van der Waals surface area contributed by atoms with Gasteiger partial charge in [0.1, 0.15) is 18.8 Å². The van der Waals surface area contributed by atoms with Gasteiger partial charge in [0, 0.05) is 5.69 Å². The molecule has 1 aliphatic heterocycles. The zero-order valence-electron chi connectivity index (χ0n) is 12.1. The number of carbonyl (C=O) groups is 1. The van der Waals surface area contributed by atoms with Gasteiger partial charge in [-0.15, -0.1) is 0 Å². The van der Waals surface area contributed by atoms with Crippen molar-refractivity contribution in [3.05, 3.63) is 24.3 Å². The van der Waals surface area contributed by atoms with E-state index in [2.05, 4.69) is 5.32 Å². The van der Waals surface area contributed by atoms with Crippen LogP contribution in [0.4, 0.5) is 5.69 Å². The minimum atomic E-state index is -0.0644. The molecular weight excluding hydrogens is 256 g/mol. The number of morpholine rings is 1. The summed E-state index contributed by atoms with van der Waals surface area (Å²) in [5.41, 5.74) is 0.804. The highest BCUT2D eigenvalue weighted by Crippen LogP contribution is 2.15. The number of amides is 1. The molecule has 0 unspecified atom stereocenters. The first-order chi connectivity index (χ1) is 9.70. The molecule has 0 saturated carbocycles. The number of carbonyl (C=O) groups excluding carboxylic acids is 1. The molecule has 110 valence electrons. The van der Waals surface area contributed by atoms with E-state index in [0.717, 1.165) is 37.7 Å². The van der Waals surface area contributed by atoms with Crippen LogP contribution in [0.15, 0.2) is 24.3 Å². The Morgan fingerprint density at radius 1 is 1.35 bits per heavy atom. The molecule has 0 bridgehead atoms. The number of hydrogen-bond acceptors (Lipinski definition) is 3. The number of anilines is 1. The van der Waals surface area contributed by atoms with Crippen molar-refractivity contribution in [2.75, 3.05) is 38.2 Å². The zero-order valence-corrected chi connectivity index (χ0v) is 12.1. The molecule has 1 heterocycles. The van der Waals surface area contributed by atoms with Gasteiger partial charge in [0.2, 0.25) is 0 Å². The maximum absolute atomic E-state index is 12.2. The summed E-state index contributed by atoms with van der Waals surface area (Å²) < 4.78 is 10.7. The van der Waals surface area contributed by atoms with Crippen LogP contribution in [-0.2, 0) is 9.53 Å². The Morgan fingerprint density at radius 3 is 2.60 bits per heavy atom. The number of nitrogens with one attached hydrogen (secondary N) is 2. The van der Waals surface area contributed by atoms with E-state index in [-0.39, 0.29) is 11.9 Å². The maximum atomic E-state index is 12.2. The Bertz CT molecular complexity index is 427. The second kappa shape index (κ2) is 7.26. The highest BCUT2D eigenvalue weighted by atomic mass is 16.5. The number of hydrogen-bond donors (Lipinski definition) is 2. The molecular formula is C15H23N2O3+. The van der Waals surface area contributed by atoms with E-state index in [0.29, 0.717) is 6.61 Å². The first-order valence-electron chi connectivity index (χ1n) is 7.16. The van der Waals surface area contributed by atoms with Crippen molar-refractivity contribution >= 4 is 11.6 Å². The van der Waals surface area contributed by atoms with Gasteiger partial charge < -0.3 is 19.7 Å². The van der Waals surface area contributed by atoms with Crippen molar-refractivity contribution in [2.24, 2.45) is 0 Å². The fourth-order valence-corrected chi connectivity index (χ4v) is 2.30. The molecule has 2 rings (SSSR count). The fourth-order valence-electron chi connectivity index (χ4n) is 2.30. The highest BCUT2D eigenvalue weighted by molar-refractivity contribution is 5.93. The Hall–Kier alpha value is -1.59. The normalized spacial score (nSPS) is 17.5. The van der Waals surface area contributed by atoms with Gasteiger partial charge in [-0.3, -0.25) is 4.79 Å². The molecule has 20 heavy (non-hydrogen) atoms. The van der Waals surface area contributed by atoms with Gasteiger partial charge >= 0.3 is 0 Å². The van der Waals surface area contributed by atoms with Crippen LogP contribution in [0.5, 0.6) is 5.75 Å². The van der Waals surface area contributed by atoms with Crippen molar-refractivity contribution in [3.8, 4) is 5.75 Å². The summed E-state index contributed by atoms with van der Waals surface area (Å²) in [5, 5.41) is 2.95. The summed E-state index contributed by atoms with van der Waals surface area (Å²) in [6.45, 7) is 7.79. The SMILES string of the molecule is CCOc1ccc(NC(=O)[C@@H](C)[NH+]2CCOCC2)cc1. The third-order valence-electron chi connectivity index (χ3n) is 3.57. The van der Waals surface area contributed by atoms with E-state index in [4.69, 9.17) is 9.47 Å². The van der Waals surface area contributed by atoms with Gasteiger partial charge in [0.15, 0.2) is 6.04 Å². The number of ether oxygens (including phenoxy) is 2. The van der Waals surface area contributed by atoms with E-state index in [1.54, 1.807) is 0 Å². The largest absolute Gasteiger partial charge is 0.494 e. The molecule has 0 aromatic heterocycles. The molecule has 1 aromatic rings. The van der Waals surface area contributed by atoms with Gasteiger partial charge in [0.05, 0.1) is 19.8 Å². The predicted octanol–water partition coefficient (Wildman–Crippen LogP) is 0.327. The molecule has 1 atom stereocenters. The minimum absolute atomic E-state index is 0.0473. The second-order valence-corrected chi connectivity index (χ2v) is 4.94. The molecule has 5 nitrogen and oxygen atoms in total. The average Bonchev–Trinajstić information content (AvgIpc) is 2.49. The first kappa shape index (κ1) is 14.8. The van der Waals surface area contributed by atoms with Crippen LogP contribution in [-0.4, -0.2) is 44.9 Å². The Labute approximate surface area is 119 Å². The molecule has 1 fully saturated rings. The monoisotopic (exact) mass is 279 g/mol. The van der Waals surface area contributed by atoms with E-state index >= 15 is 0 Å². The van der Waals surface area contributed by atoms with Crippen LogP contribution in [0.25, 0.3) is 0 Å². The quantitative estimate of drug-likeness (QED) is 0.816. The lowest BCUT2D eigenvalue weighted by Crippen LogP contribution is -3.18. The van der Waals surface area contributed by atoms with Gasteiger partial charge in [-0.2, -0.15) is 0 Å². The van der Waals surface area contributed by atoms with Crippen LogP contribution in [0.1, 0.15) is 13.8 Å². The molecule has 1 saturated heterocycles. The number of quaternary nitrogens is 1. The minimum Gasteiger partial charge on any atom is -0.494 e. The third-order valence-corrected chi connectivity index (χ3v) is 3.57. The molecule has 1 aromatic carbocycles. The molecule has 1 amide bonds. The van der Waals surface area contributed by atoms with Crippen LogP contribution in [0.3, 0.4) is 0 Å². The standard InChI is InChI=1S/C15H22N2O3/c1-3-20-14-6-4-13(5-7-14)16-15(18)12(2)17-8-10-19-11-9-17/h4-7,12H,3,8-11H2,1-2H3,(H,16,18)/p+1/t12-/m1/s1. The smallest absolute Gasteiger partial charge is 0.282 e. The van der Waals surface area contributed by atoms with Crippen LogP contribution in [0.2, 0.25) is 0 Å². The van der Waals surface area contributed by atoms with Crippen LogP contribution < -0.4 is 15.0 Å². The topological polar surface area (TPSA) is 52.0 Å². The highest BCUT2D eigenvalue weighted by Gasteiger charge is 2.26. The lowest BCUT2D eigenvalue weighted by atomic mass is 10.2. The molecule has 5 heteroatoms. The Kier molecular flexibility index (Phi) is 5.38. The van der Waals surface area contributed by atoms with Crippen molar-refractivity contribution in [1.82, 2.24) is 0 Å². The van der Waals surface area contributed by atoms with Gasteiger partial charge in [-0.1, -0.05) is 0 Å². The van der Waals surface area contributed by atoms with Gasteiger partial charge in [-0.25, -0.2) is 0 Å². The predicted molar refractivity (Wildman–Crippen MR) is 77.2 cm³/mol. The van der Waals surface area contributed by atoms with Crippen molar-refractivity contribution in [2.45, 2.75) is 19.9 Å². The fraction of sp³-hybridized carbons (Fsp3) is 0.533. The Morgan fingerprint density at radius 2 is 2.00 bits per heavy atom. The van der Waals surface area contributed by atoms with Crippen molar-refractivity contribution in [1.29, 1.82) is 0 Å². The van der Waals surface area contributed by atoms with Gasteiger partial charge in [0.25, 0.3) is 5.91 Å². The van der Waals surface area contributed by atoms with Crippen LogP contribution in [0, 0.1) is 0 Å². The summed E-state index contributed by atoms with van der Waals surface area (Å²) >= 11 is 0. The van der Waals surface area contributed by atoms with Crippen molar-refractivity contribution in [3.63, 3.8) is 0 Å². The summed E-state index contributed by atoms with van der Waals surface area (Å²) in [6.07, 6.45) is 0. The lowest BCUT2D eigenvalue weighted by Gasteiger charge is -2.28. The average molecular weight is 279 g/mol. The van der Waals surface area contributed by atoms with E-state index < -0.39 is 0 Å². The molecule has 0 radical (unpaired) electrons. The van der Waals surface area contributed by atoms with Crippen molar-refractivity contribution < 1.29 is 19.2 Å². The second-order valence-electron chi connectivity index (χ2n) is 4.94. The summed E-state index contributed by atoms with van der Waals surface area (Å²) in [4.78, 5) is 13.5. The summed E-state index contributed by atoms with van der Waals surface area (Å²) in [7, 11) is 0. The van der Waals surface area contributed by atoms with E-state index in [9.17, 15) is 4.79 Å². The lowest BCUT2D eigenvalue weighted by molar-refractivity contribution is -0.921. The van der Waals surface area contributed by atoms with E-state index in [1.807, 2.05) is 38.1 Å². The zero-order chi connectivity index (χ0) is 14.4. The third kappa shape index (κ3) is 3.95. The number of benzene rings is 1. The molecule has 0 spiro atoms. The molecule has 0 aliphatic carbocycles. The summed E-state index contributed by atoms with van der Waals surface area (Å²) in [5.74, 6) is 0.864. The van der Waals surface area contributed by atoms with Gasteiger partial charge in [-0.05, 0) is 38.1 Å². The first-order valence-corrected chi connectivity index (χ1v) is 7.16. The van der Waals surface area contributed by atoms with Crippen LogP contribution >= 0.6 is 0 Å². The maximum Gasteiger partial charge on any atom is 0.282 e. The summed E-state index contributed by atoms with van der Waals surface area (Å²) in [6, 6.07) is 7.40. The number of rotatable bonds is 5. The molecule has 1 aliphatic rings.